The van der Waals surface area contributed by atoms with Gasteiger partial charge in [-0.1, -0.05) is 19.1 Å². The zero-order chi connectivity index (χ0) is 17.6. The molecule has 132 valence electrons. The van der Waals surface area contributed by atoms with Crippen molar-refractivity contribution in [3.63, 3.8) is 0 Å². The Hall–Kier alpha value is -1.63. The molecule has 0 saturated heterocycles. The summed E-state index contributed by atoms with van der Waals surface area (Å²) in [7, 11) is 0. The van der Waals surface area contributed by atoms with Crippen molar-refractivity contribution in [1.29, 1.82) is 0 Å². The van der Waals surface area contributed by atoms with Crippen LogP contribution in [0.3, 0.4) is 0 Å². The minimum absolute atomic E-state index is 0.0463. The van der Waals surface area contributed by atoms with Crippen molar-refractivity contribution < 1.29 is 0 Å². The molecule has 0 spiro atoms. The van der Waals surface area contributed by atoms with E-state index in [4.69, 9.17) is 0 Å². The molecule has 0 aliphatic heterocycles. The minimum atomic E-state index is 0.0463. The molecule has 6 heteroatoms. The van der Waals surface area contributed by atoms with E-state index >= 15 is 0 Å². The van der Waals surface area contributed by atoms with Crippen LogP contribution in [0.1, 0.15) is 23.1 Å². The molecule has 4 nitrogen and oxygen atoms in total. The van der Waals surface area contributed by atoms with Gasteiger partial charge in [0.25, 0.3) is 0 Å². The number of fused-ring (bicyclic) bond motifs is 1. The fourth-order valence-corrected chi connectivity index (χ4v) is 4.65. The number of hydrogen-bond donors (Lipinski definition) is 3. The quantitative estimate of drug-likeness (QED) is 0.470. The van der Waals surface area contributed by atoms with E-state index in [1.54, 1.807) is 6.07 Å². The van der Waals surface area contributed by atoms with Gasteiger partial charge in [0.15, 0.2) is 5.43 Å². The molecule has 3 N–H and O–H groups in total. The molecule has 0 bridgehead atoms. The van der Waals surface area contributed by atoms with Crippen LogP contribution >= 0.6 is 27.3 Å². The van der Waals surface area contributed by atoms with Crippen LogP contribution in [0.4, 0.5) is 5.82 Å². The number of thiophene rings is 1. The third-order valence-corrected chi connectivity index (χ3v) is 6.26. The number of halogens is 1. The number of para-hydroxylation sites is 1. The van der Waals surface area contributed by atoms with E-state index < -0.39 is 0 Å². The molecule has 0 fully saturated rings. The number of nitrogens with one attached hydrogen (secondary N) is 3. The Balaban J connectivity index is 1.43. The lowest BCUT2D eigenvalue weighted by atomic mass is 10.2. The van der Waals surface area contributed by atoms with Crippen molar-refractivity contribution in [2.24, 2.45) is 0 Å². The first-order valence-corrected chi connectivity index (χ1v) is 10.1. The normalized spacial score (nSPS) is 11.1. The lowest BCUT2D eigenvalue weighted by molar-refractivity contribution is 0.668. The second-order valence-electron chi connectivity index (χ2n) is 5.89. The predicted molar refractivity (Wildman–Crippen MR) is 111 cm³/mol. The van der Waals surface area contributed by atoms with E-state index in [0.717, 1.165) is 49.2 Å². The maximum atomic E-state index is 12.1. The Morgan fingerprint density at radius 2 is 2.04 bits per heavy atom. The number of hydrogen-bond acceptors (Lipinski definition) is 4. The van der Waals surface area contributed by atoms with Crippen LogP contribution < -0.4 is 16.1 Å². The summed E-state index contributed by atoms with van der Waals surface area (Å²) in [6, 6.07) is 11.4. The molecule has 0 atom stereocenters. The van der Waals surface area contributed by atoms with Gasteiger partial charge in [-0.15, -0.1) is 11.3 Å². The summed E-state index contributed by atoms with van der Waals surface area (Å²) < 4.78 is 1.22. The van der Waals surface area contributed by atoms with E-state index in [1.165, 1.54) is 14.2 Å². The predicted octanol–water partition coefficient (Wildman–Crippen LogP) is 4.51. The standard InChI is InChI=1S/C19H22BrN3OS/c1-2-18-15(20)10-13(25-18)12-21-8-5-9-22-19-11-17(24)14-6-3-4-7-16(14)23-19/h3-4,6-7,10-11,21H,2,5,8-9,12H2,1H3,(H2,22,23,24). The largest absolute Gasteiger partial charge is 0.371 e. The van der Waals surface area contributed by atoms with Gasteiger partial charge in [0.2, 0.25) is 0 Å². The van der Waals surface area contributed by atoms with Gasteiger partial charge < -0.3 is 15.6 Å². The summed E-state index contributed by atoms with van der Waals surface area (Å²) in [6.45, 7) is 4.82. The summed E-state index contributed by atoms with van der Waals surface area (Å²) >= 11 is 5.46. The number of aromatic amines is 1. The highest BCUT2D eigenvalue weighted by atomic mass is 79.9. The molecule has 3 aromatic rings. The molecular formula is C19H22BrN3OS. The number of benzene rings is 1. The van der Waals surface area contributed by atoms with Gasteiger partial charge in [-0.25, -0.2) is 0 Å². The molecule has 0 amide bonds. The number of H-pyrrole nitrogens is 1. The molecule has 1 aromatic carbocycles. The Morgan fingerprint density at radius 1 is 1.20 bits per heavy atom. The summed E-state index contributed by atoms with van der Waals surface area (Å²) in [5.41, 5.74) is 0.913. The van der Waals surface area contributed by atoms with Gasteiger partial charge in [0.05, 0.1) is 5.52 Å². The number of anilines is 1. The first-order chi connectivity index (χ1) is 12.2. The Kier molecular flexibility index (Phi) is 6.29. The second-order valence-corrected chi connectivity index (χ2v) is 7.96. The van der Waals surface area contributed by atoms with E-state index in [-0.39, 0.29) is 5.43 Å². The third-order valence-electron chi connectivity index (χ3n) is 4.01. The highest BCUT2D eigenvalue weighted by molar-refractivity contribution is 9.10. The van der Waals surface area contributed by atoms with Gasteiger partial charge in [0, 0.05) is 38.8 Å². The average Bonchev–Trinajstić information content (AvgIpc) is 2.98. The Labute approximate surface area is 159 Å². The molecule has 3 rings (SSSR count). The van der Waals surface area contributed by atoms with Crippen LogP contribution in [-0.2, 0) is 13.0 Å². The molecule has 0 unspecified atom stereocenters. The molecule has 2 aromatic heterocycles. The van der Waals surface area contributed by atoms with Gasteiger partial charge >= 0.3 is 0 Å². The lowest BCUT2D eigenvalue weighted by Gasteiger charge is -2.08. The highest BCUT2D eigenvalue weighted by Gasteiger charge is 2.04. The third kappa shape index (κ3) is 4.71. The fourth-order valence-electron chi connectivity index (χ4n) is 2.73. The average molecular weight is 420 g/mol. The first-order valence-electron chi connectivity index (χ1n) is 8.51. The van der Waals surface area contributed by atoms with Crippen molar-refractivity contribution in [3.05, 3.63) is 60.8 Å². The molecule has 2 heterocycles. The van der Waals surface area contributed by atoms with Gasteiger partial charge in [-0.05, 0) is 53.5 Å². The number of rotatable bonds is 8. The molecule has 0 aliphatic carbocycles. The number of aromatic nitrogens is 1. The number of aryl methyl sites for hydroxylation is 1. The van der Waals surface area contributed by atoms with Gasteiger partial charge in [-0.3, -0.25) is 4.79 Å². The highest BCUT2D eigenvalue weighted by Crippen LogP contribution is 2.27. The monoisotopic (exact) mass is 419 g/mol. The van der Waals surface area contributed by atoms with Crippen LogP contribution in [0.5, 0.6) is 0 Å². The van der Waals surface area contributed by atoms with Crippen molar-refractivity contribution in [3.8, 4) is 0 Å². The summed E-state index contributed by atoms with van der Waals surface area (Å²) in [5, 5.41) is 7.49. The molecular weight excluding hydrogens is 398 g/mol. The first kappa shape index (κ1) is 18.2. The van der Waals surface area contributed by atoms with Crippen LogP contribution in [0.15, 0.2) is 45.7 Å². The van der Waals surface area contributed by atoms with E-state index in [1.807, 2.05) is 35.6 Å². The van der Waals surface area contributed by atoms with Gasteiger partial charge in [-0.2, -0.15) is 0 Å². The summed E-state index contributed by atoms with van der Waals surface area (Å²) in [5.74, 6) is 0.776. The maximum Gasteiger partial charge on any atom is 0.191 e. The van der Waals surface area contributed by atoms with Crippen molar-refractivity contribution in [2.75, 3.05) is 18.4 Å². The molecule has 0 aliphatic rings. The van der Waals surface area contributed by atoms with E-state index in [9.17, 15) is 4.79 Å². The van der Waals surface area contributed by atoms with Crippen molar-refractivity contribution in [1.82, 2.24) is 10.3 Å². The maximum absolute atomic E-state index is 12.1. The Morgan fingerprint density at radius 3 is 2.84 bits per heavy atom. The van der Waals surface area contributed by atoms with Crippen molar-refractivity contribution in [2.45, 2.75) is 26.3 Å². The minimum Gasteiger partial charge on any atom is -0.371 e. The lowest BCUT2D eigenvalue weighted by Crippen LogP contribution is -2.17. The number of pyridine rings is 1. The van der Waals surface area contributed by atoms with E-state index in [2.05, 4.69) is 44.5 Å². The van der Waals surface area contributed by atoms with Crippen LogP contribution in [0.25, 0.3) is 10.9 Å². The van der Waals surface area contributed by atoms with Gasteiger partial charge in [0.1, 0.15) is 5.82 Å². The fraction of sp³-hybridized carbons (Fsp3) is 0.316. The zero-order valence-electron chi connectivity index (χ0n) is 14.2. The summed E-state index contributed by atoms with van der Waals surface area (Å²) in [6.07, 6.45) is 2.06. The zero-order valence-corrected chi connectivity index (χ0v) is 16.6. The molecule has 0 saturated carbocycles. The molecule has 25 heavy (non-hydrogen) atoms. The smallest absolute Gasteiger partial charge is 0.191 e. The SMILES string of the molecule is CCc1sc(CNCCCNc2cc(=O)c3ccccc3[nH]2)cc1Br. The van der Waals surface area contributed by atoms with Crippen LogP contribution in [0.2, 0.25) is 0 Å². The van der Waals surface area contributed by atoms with Crippen molar-refractivity contribution >= 4 is 44.0 Å². The summed E-state index contributed by atoms with van der Waals surface area (Å²) in [4.78, 5) is 18.1. The second kappa shape index (κ2) is 8.65. The Bertz CT molecular complexity index is 903. The topological polar surface area (TPSA) is 56.9 Å². The van der Waals surface area contributed by atoms with E-state index in [0.29, 0.717) is 0 Å². The van der Waals surface area contributed by atoms with Crippen LogP contribution in [0, 0.1) is 0 Å². The van der Waals surface area contributed by atoms with Crippen LogP contribution in [-0.4, -0.2) is 18.1 Å². The molecule has 0 radical (unpaired) electrons.